The highest BCUT2D eigenvalue weighted by Gasteiger charge is 2.18. The minimum Gasteiger partial charge on any atom is -0.481 e. The molecular weight excluding hydrogens is 376 g/mol. The number of carboxylic acids is 1. The van der Waals surface area contributed by atoms with E-state index in [0.717, 1.165) is 22.7 Å². The molecule has 0 aliphatic heterocycles. The predicted octanol–water partition coefficient (Wildman–Crippen LogP) is 5.56. The van der Waals surface area contributed by atoms with Crippen LogP contribution in [0.15, 0.2) is 53.0 Å². The van der Waals surface area contributed by atoms with Gasteiger partial charge < -0.3 is 9.67 Å². The Morgan fingerprint density at radius 3 is 2.89 bits per heavy atom. The van der Waals surface area contributed by atoms with E-state index in [-0.39, 0.29) is 11.7 Å². The summed E-state index contributed by atoms with van der Waals surface area (Å²) in [5, 5.41) is 13.5. The largest absolute Gasteiger partial charge is 0.481 e. The normalized spacial score (nSPS) is 12.7. The quantitative estimate of drug-likeness (QED) is 0.433. The molecule has 0 aliphatic rings. The molecule has 1 atom stereocenters. The molecule has 0 amide bonds. The molecule has 2 aromatic carbocycles. The number of benzene rings is 2. The van der Waals surface area contributed by atoms with Crippen LogP contribution in [-0.4, -0.2) is 25.9 Å². The molecule has 0 aliphatic carbocycles. The first kappa shape index (κ1) is 18.1. The van der Waals surface area contributed by atoms with E-state index < -0.39 is 5.97 Å². The number of nitrogens with zero attached hydrogens (tertiary/aromatic N) is 2. The number of fused-ring (bicyclic) bond motifs is 2. The van der Waals surface area contributed by atoms with Crippen molar-refractivity contribution in [2.75, 3.05) is 0 Å². The fourth-order valence-corrected chi connectivity index (χ4v) is 5.45. The van der Waals surface area contributed by atoms with Gasteiger partial charge in [-0.3, -0.25) is 4.79 Å². The Balaban J connectivity index is 1.77. The molecule has 27 heavy (non-hydrogen) atoms. The fraction of sp³-hybridized carbons (Fsp3) is 0.238. The maximum Gasteiger partial charge on any atom is 0.304 e. The van der Waals surface area contributed by atoms with Gasteiger partial charge in [-0.15, -0.1) is 11.3 Å². The molecule has 6 heteroatoms. The summed E-state index contributed by atoms with van der Waals surface area (Å²) in [5.41, 5.74) is 4.58. The van der Waals surface area contributed by atoms with Crippen molar-refractivity contribution in [3.05, 3.63) is 59.0 Å². The molecule has 2 aromatic heterocycles. The molecule has 0 spiro atoms. The lowest BCUT2D eigenvalue weighted by Crippen LogP contribution is -2.08. The minimum atomic E-state index is -0.780. The third kappa shape index (κ3) is 3.59. The molecular formula is C21H20N2O2S2. The van der Waals surface area contributed by atoms with E-state index in [1.807, 2.05) is 25.1 Å². The lowest BCUT2D eigenvalue weighted by Gasteiger charge is -2.12. The maximum atomic E-state index is 11.1. The van der Waals surface area contributed by atoms with Crippen LogP contribution in [0.3, 0.4) is 0 Å². The van der Waals surface area contributed by atoms with Crippen molar-refractivity contribution in [2.45, 2.75) is 37.2 Å². The van der Waals surface area contributed by atoms with Gasteiger partial charge in [0.05, 0.1) is 24.0 Å². The average molecular weight is 397 g/mol. The van der Waals surface area contributed by atoms with Crippen LogP contribution in [0, 0.1) is 6.92 Å². The molecule has 4 aromatic rings. The van der Waals surface area contributed by atoms with Crippen LogP contribution in [0.1, 0.15) is 24.5 Å². The number of aliphatic carboxylic acids is 1. The van der Waals surface area contributed by atoms with Crippen molar-refractivity contribution < 1.29 is 9.90 Å². The molecule has 2 heterocycles. The zero-order valence-electron chi connectivity index (χ0n) is 15.2. The first-order valence-corrected chi connectivity index (χ1v) is 10.6. The van der Waals surface area contributed by atoms with Crippen LogP contribution in [0.2, 0.25) is 0 Å². The summed E-state index contributed by atoms with van der Waals surface area (Å²) in [6.07, 6.45) is 0.119. The summed E-state index contributed by atoms with van der Waals surface area (Å²) in [5.74, 6) is -0.780. The Morgan fingerprint density at radius 2 is 2.07 bits per heavy atom. The smallest absolute Gasteiger partial charge is 0.304 e. The van der Waals surface area contributed by atoms with Crippen LogP contribution in [-0.2, 0) is 11.3 Å². The number of para-hydroxylation sites is 2. The van der Waals surface area contributed by atoms with Crippen molar-refractivity contribution in [2.24, 2.45) is 0 Å². The summed E-state index contributed by atoms with van der Waals surface area (Å²) < 4.78 is 3.51. The van der Waals surface area contributed by atoms with Gasteiger partial charge in [0.2, 0.25) is 0 Å². The van der Waals surface area contributed by atoms with Crippen molar-refractivity contribution in [1.82, 2.24) is 9.55 Å². The molecule has 0 bridgehead atoms. The van der Waals surface area contributed by atoms with Gasteiger partial charge in [-0.2, -0.15) is 0 Å². The van der Waals surface area contributed by atoms with Gasteiger partial charge in [-0.05, 0) is 41.6 Å². The number of carboxylic acid groups (broad SMARTS) is 1. The Kier molecular flexibility index (Phi) is 4.93. The molecule has 1 unspecified atom stereocenters. The van der Waals surface area contributed by atoms with Crippen LogP contribution in [0.5, 0.6) is 0 Å². The standard InChI is InChI=1S/C21H20N2O2S2/c1-13-6-5-9-18-20(13)15(12-26-18)11-23-17-8-4-3-7-16(17)22-21(23)27-14(2)10-19(24)25/h3-9,12,14H,10-11H2,1-2H3,(H,24,25). The first-order chi connectivity index (χ1) is 13.0. The van der Waals surface area contributed by atoms with Crippen LogP contribution in [0.4, 0.5) is 0 Å². The molecule has 4 nitrogen and oxygen atoms in total. The number of aromatic nitrogens is 2. The second kappa shape index (κ2) is 7.37. The number of rotatable bonds is 6. The maximum absolute atomic E-state index is 11.1. The first-order valence-electron chi connectivity index (χ1n) is 8.82. The SMILES string of the molecule is Cc1cccc2scc(Cn3c(SC(C)CC(=O)O)nc4ccccc43)c12. The lowest BCUT2D eigenvalue weighted by atomic mass is 10.1. The van der Waals surface area contributed by atoms with Crippen molar-refractivity contribution in [3.8, 4) is 0 Å². The topological polar surface area (TPSA) is 55.1 Å². The number of imidazole rings is 1. The highest BCUT2D eigenvalue weighted by Crippen LogP contribution is 2.33. The number of aryl methyl sites for hydroxylation is 1. The number of hydrogen-bond donors (Lipinski definition) is 1. The van der Waals surface area contributed by atoms with E-state index in [1.165, 1.54) is 33.0 Å². The van der Waals surface area contributed by atoms with Gasteiger partial charge in [0, 0.05) is 15.3 Å². The number of hydrogen-bond acceptors (Lipinski definition) is 4. The molecule has 1 N–H and O–H groups in total. The molecule has 4 rings (SSSR count). The van der Waals surface area contributed by atoms with Crippen LogP contribution in [0.25, 0.3) is 21.1 Å². The van der Waals surface area contributed by atoms with Gasteiger partial charge in [0.1, 0.15) is 0 Å². The molecule has 0 saturated carbocycles. The van der Waals surface area contributed by atoms with Gasteiger partial charge in [0.15, 0.2) is 5.16 Å². The summed E-state index contributed by atoms with van der Waals surface area (Å²) in [6.45, 7) is 4.81. The summed E-state index contributed by atoms with van der Waals surface area (Å²) in [4.78, 5) is 15.8. The Bertz CT molecular complexity index is 1130. The minimum absolute atomic E-state index is 0.0426. The zero-order valence-corrected chi connectivity index (χ0v) is 16.8. The third-order valence-corrected chi connectivity index (χ3v) is 6.69. The molecule has 0 saturated heterocycles. The summed E-state index contributed by atoms with van der Waals surface area (Å²) >= 11 is 3.30. The van der Waals surface area contributed by atoms with E-state index in [4.69, 9.17) is 10.1 Å². The van der Waals surface area contributed by atoms with Gasteiger partial charge >= 0.3 is 5.97 Å². The summed E-state index contributed by atoms with van der Waals surface area (Å²) in [6, 6.07) is 14.5. The highest BCUT2D eigenvalue weighted by atomic mass is 32.2. The Morgan fingerprint density at radius 1 is 1.26 bits per heavy atom. The van der Waals surface area contributed by atoms with Gasteiger partial charge in [-0.25, -0.2) is 4.98 Å². The van der Waals surface area contributed by atoms with Gasteiger partial charge in [0.25, 0.3) is 0 Å². The molecule has 0 radical (unpaired) electrons. The number of carbonyl (C=O) groups is 1. The average Bonchev–Trinajstić information content (AvgIpc) is 3.18. The monoisotopic (exact) mass is 396 g/mol. The predicted molar refractivity (Wildman–Crippen MR) is 113 cm³/mol. The zero-order chi connectivity index (χ0) is 19.0. The highest BCUT2D eigenvalue weighted by molar-refractivity contribution is 7.99. The fourth-order valence-electron chi connectivity index (χ4n) is 3.39. The van der Waals surface area contributed by atoms with Gasteiger partial charge in [-0.1, -0.05) is 43.0 Å². The lowest BCUT2D eigenvalue weighted by molar-refractivity contribution is -0.136. The third-order valence-electron chi connectivity index (χ3n) is 4.60. The van der Waals surface area contributed by atoms with Crippen LogP contribution < -0.4 is 0 Å². The van der Waals surface area contributed by atoms with E-state index in [0.29, 0.717) is 0 Å². The van der Waals surface area contributed by atoms with Crippen molar-refractivity contribution in [3.63, 3.8) is 0 Å². The summed E-state index contributed by atoms with van der Waals surface area (Å²) in [7, 11) is 0. The molecule has 138 valence electrons. The molecule has 0 fully saturated rings. The van der Waals surface area contributed by atoms with E-state index >= 15 is 0 Å². The van der Waals surface area contributed by atoms with E-state index in [9.17, 15) is 4.79 Å². The Hall–Kier alpha value is -2.31. The second-order valence-electron chi connectivity index (χ2n) is 6.70. The van der Waals surface area contributed by atoms with E-state index in [1.54, 1.807) is 11.3 Å². The van der Waals surface area contributed by atoms with Crippen molar-refractivity contribution >= 4 is 50.2 Å². The Labute approximate surface area is 165 Å². The number of thiophene rings is 1. The number of thioether (sulfide) groups is 1. The van der Waals surface area contributed by atoms with Crippen LogP contribution >= 0.6 is 23.1 Å². The second-order valence-corrected chi connectivity index (χ2v) is 9.02. The van der Waals surface area contributed by atoms with Crippen molar-refractivity contribution in [1.29, 1.82) is 0 Å². The van der Waals surface area contributed by atoms with E-state index in [2.05, 4.69) is 41.1 Å².